The maximum Gasteiger partial charge on any atom is 0.223 e. The van der Waals surface area contributed by atoms with Gasteiger partial charge in [0, 0.05) is 39.1 Å². The highest BCUT2D eigenvalue weighted by atomic mass is 16.2. The molecule has 0 radical (unpaired) electrons. The van der Waals surface area contributed by atoms with E-state index < -0.39 is 0 Å². The predicted molar refractivity (Wildman–Crippen MR) is 98.7 cm³/mol. The Kier molecular flexibility index (Phi) is 6.64. The number of hydrogen-bond acceptors (Lipinski definition) is 2. The molecule has 0 spiro atoms. The van der Waals surface area contributed by atoms with Crippen molar-refractivity contribution in [3.8, 4) is 0 Å². The van der Waals surface area contributed by atoms with Crippen molar-refractivity contribution >= 4 is 11.9 Å². The second-order valence-corrected chi connectivity index (χ2v) is 6.80. The second kappa shape index (κ2) is 8.71. The molecule has 1 aliphatic rings. The van der Waals surface area contributed by atoms with E-state index in [0.29, 0.717) is 18.4 Å². The van der Waals surface area contributed by atoms with Crippen molar-refractivity contribution in [2.75, 3.05) is 13.6 Å². The molecule has 5 heteroatoms. The van der Waals surface area contributed by atoms with Crippen LogP contribution in [0.1, 0.15) is 44.7 Å². The summed E-state index contributed by atoms with van der Waals surface area (Å²) in [6.07, 6.45) is 1.38. The molecule has 24 heavy (non-hydrogen) atoms. The molecule has 5 nitrogen and oxygen atoms in total. The Morgan fingerprint density at radius 1 is 1.21 bits per heavy atom. The molecule has 132 valence electrons. The van der Waals surface area contributed by atoms with Gasteiger partial charge in [-0.3, -0.25) is 9.79 Å². The van der Waals surface area contributed by atoms with Crippen LogP contribution in [0.15, 0.2) is 29.3 Å². The van der Waals surface area contributed by atoms with Crippen LogP contribution in [-0.4, -0.2) is 36.4 Å². The Labute approximate surface area is 145 Å². The fourth-order valence-corrected chi connectivity index (χ4v) is 2.69. The van der Waals surface area contributed by atoms with Gasteiger partial charge in [-0.05, 0) is 30.4 Å². The number of hydrogen-bond donors (Lipinski definition) is 2. The zero-order chi connectivity index (χ0) is 17.5. The van der Waals surface area contributed by atoms with Gasteiger partial charge in [0.1, 0.15) is 0 Å². The SMILES string of the molecule is CN=C(NCCCC(=O)N1Cc2ccccc2C1)NC(C)C(C)C. The lowest BCUT2D eigenvalue weighted by Crippen LogP contribution is -2.44. The third kappa shape index (κ3) is 4.98. The van der Waals surface area contributed by atoms with Crippen molar-refractivity contribution in [3.05, 3.63) is 35.4 Å². The first-order chi connectivity index (χ1) is 11.5. The number of benzene rings is 1. The first-order valence-electron chi connectivity index (χ1n) is 8.83. The summed E-state index contributed by atoms with van der Waals surface area (Å²) >= 11 is 0. The molecular weight excluding hydrogens is 300 g/mol. The van der Waals surface area contributed by atoms with Gasteiger partial charge in [-0.15, -0.1) is 0 Å². The van der Waals surface area contributed by atoms with Gasteiger partial charge < -0.3 is 15.5 Å². The smallest absolute Gasteiger partial charge is 0.223 e. The van der Waals surface area contributed by atoms with E-state index in [4.69, 9.17) is 0 Å². The normalized spacial score (nSPS) is 15.4. The summed E-state index contributed by atoms with van der Waals surface area (Å²) in [5.74, 6) is 1.57. The largest absolute Gasteiger partial charge is 0.356 e. The standard InChI is InChI=1S/C19H30N4O/c1-14(2)15(3)22-19(20-4)21-11-7-10-18(24)23-12-16-8-5-6-9-17(16)13-23/h5-6,8-9,14-15H,7,10-13H2,1-4H3,(H2,20,21,22). The van der Waals surface area contributed by atoms with Gasteiger partial charge >= 0.3 is 0 Å². The number of carbonyl (C=O) groups is 1. The van der Waals surface area contributed by atoms with E-state index in [-0.39, 0.29) is 5.91 Å². The summed E-state index contributed by atoms with van der Waals surface area (Å²) < 4.78 is 0. The lowest BCUT2D eigenvalue weighted by molar-refractivity contribution is -0.131. The highest BCUT2D eigenvalue weighted by molar-refractivity contribution is 5.80. The van der Waals surface area contributed by atoms with E-state index in [1.807, 2.05) is 17.0 Å². The molecule has 2 N–H and O–H groups in total. The van der Waals surface area contributed by atoms with E-state index in [2.05, 4.69) is 48.5 Å². The number of amides is 1. The number of nitrogens with one attached hydrogen (secondary N) is 2. The van der Waals surface area contributed by atoms with Gasteiger partial charge in [0.05, 0.1) is 0 Å². The molecule has 0 saturated heterocycles. The summed E-state index contributed by atoms with van der Waals surface area (Å²) in [7, 11) is 1.77. The number of fused-ring (bicyclic) bond motifs is 1. The molecular formula is C19H30N4O. The summed E-state index contributed by atoms with van der Waals surface area (Å²) in [6.45, 7) is 8.74. The van der Waals surface area contributed by atoms with Crippen molar-refractivity contribution < 1.29 is 4.79 Å². The van der Waals surface area contributed by atoms with E-state index in [1.54, 1.807) is 7.05 Å². The minimum Gasteiger partial charge on any atom is -0.356 e. The lowest BCUT2D eigenvalue weighted by Gasteiger charge is -2.21. The predicted octanol–water partition coefficient (Wildman–Crippen LogP) is 2.52. The Morgan fingerprint density at radius 3 is 2.38 bits per heavy atom. The minimum atomic E-state index is 0.228. The van der Waals surface area contributed by atoms with Gasteiger partial charge in [0.2, 0.25) is 5.91 Å². The zero-order valence-corrected chi connectivity index (χ0v) is 15.3. The molecule has 0 bridgehead atoms. The van der Waals surface area contributed by atoms with Gasteiger partial charge in [0.25, 0.3) is 0 Å². The lowest BCUT2D eigenvalue weighted by atomic mass is 10.1. The maximum absolute atomic E-state index is 12.3. The molecule has 1 atom stereocenters. The molecule has 1 aliphatic heterocycles. The summed E-state index contributed by atoms with van der Waals surface area (Å²) in [4.78, 5) is 18.5. The van der Waals surface area contributed by atoms with E-state index >= 15 is 0 Å². The van der Waals surface area contributed by atoms with Gasteiger partial charge in [-0.25, -0.2) is 0 Å². The Bertz CT molecular complexity index is 557. The van der Waals surface area contributed by atoms with Gasteiger partial charge in [-0.1, -0.05) is 38.1 Å². The molecule has 1 amide bonds. The zero-order valence-electron chi connectivity index (χ0n) is 15.3. The number of carbonyl (C=O) groups excluding carboxylic acids is 1. The van der Waals surface area contributed by atoms with Crippen LogP contribution in [-0.2, 0) is 17.9 Å². The summed E-state index contributed by atoms with van der Waals surface area (Å²) in [5, 5.41) is 6.65. The number of aliphatic imine (C=N–C) groups is 1. The Hall–Kier alpha value is -2.04. The summed E-state index contributed by atoms with van der Waals surface area (Å²) in [5.41, 5.74) is 2.55. The van der Waals surface area contributed by atoms with E-state index in [9.17, 15) is 4.79 Å². The number of nitrogens with zero attached hydrogens (tertiary/aromatic N) is 2. The van der Waals surface area contributed by atoms with Gasteiger partial charge in [-0.2, -0.15) is 0 Å². The van der Waals surface area contributed by atoms with Crippen LogP contribution in [0.5, 0.6) is 0 Å². The van der Waals surface area contributed by atoms with Crippen LogP contribution in [0.3, 0.4) is 0 Å². The van der Waals surface area contributed by atoms with Crippen LogP contribution in [0.4, 0.5) is 0 Å². The highest BCUT2D eigenvalue weighted by Crippen LogP contribution is 2.22. The number of guanidine groups is 1. The first-order valence-corrected chi connectivity index (χ1v) is 8.83. The quantitative estimate of drug-likeness (QED) is 0.479. The van der Waals surface area contributed by atoms with Gasteiger partial charge in [0.15, 0.2) is 5.96 Å². The molecule has 1 unspecified atom stereocenters. The van der Waals surface area contributed by atoms with Crippen molar-refractivity contribution in [1.29, 1.82) is 0 Å². The van der Waals surface area contributed by atoms with Crippen molar-refractivity contribution in [1.82, 2.24) is 15.5 Å². The van der Waals surface area contributed by atoms with Crippen molar-refractivity contribution in [3.63, 3.8) is 0 Å². The average molecular weight is 330 g/mol. The average Bonchev–Trinajstić information content (AvgIpc) is 3.01. The fraction of sp³-hybridized carbons (Fsp3) is 0.579. The van der Waals surface area contributed by atoms with Crippen LogP contribution in [0, 0.1) is 5.92 Å². The third-order valence-corrected chi connectivity index (χ3v) is 4.64. The van der Waals surface area contributed by atoms with Crippen LogP contribution in [0.2, 0.25) is 0 Å². The van der Waals surface area contributed by atoms with Crippen molar-refractivity contribution in [2.24, 2.45) is 10.9 Å². The Morgan fingerprint density at radius 2 is 1.83 bits per heavy atom. The topological polar surface area (TPSA) is 56.7 Å². The molecule has 1 aromatic carbocycles. The minimum absolute atomic E-state index is 0.228. The molecule has 0 aromatic heterocycles. The van der Waals surface area contributed by atoms with Crippen LogP contribution in [0.25, 0.3) is 0 Å². The number of rotatable bonds is 6. The summed E-state index contributed by atoms with van der Waals surface area (Å²) in [6, 6.07) is 8.65. The molecule has 1 heterocycles. The molecule has 1 aromatic rings. The molecule has 0 fully saturated rings. The molecule has 2 rings (SSSR count). The molecule has 0 saturated carbocycles. The third-order valence-electron chi connectivity index (χ3n) is 4.64. The van der Waals surface area contributed by atoms with Crippen LogP contribution >= 0.6 is 0 Å². The van der Waals surface area contributed by atoms with E-state index in [1.165, 1.54) is 11.1 Å². The monoisotopic (exact) mass is 330 g/mol. The first kappa shape index (κ1) is 18.3. The fourth-order valence-electron chi connectivity index (χ4n) is 2.69. The highest BCUT2D eigenvalue weighted by Gasteiger charge is 2.22. The second-order valence-electron chi connectivity index (χ2n) is 6.80. The Balaban J connectivity index is 1.68. The van der Waals surface area contributed by atoms with Crippen LogP contribution < -0.4 is 10.6 Å². The maximum atomic E-state index is 12.3. The molecule has 0 aliphatic carbocycles. The van der Waals surface area contributed by atoms with Crippen molar-refractivity contribution in [2.45, 2.75) is 52.7 Å². The van der Waals surface area contributed by atoms with E-state index in [0.717, 1.165) is 32.0 Å².